The zero-order valence-electron chi connectivity index (χ0n) is 9.45. The molecule has 0 aliphatic heterocycles. The fraction of sp³-hybridized carbons (Fsp3) is 0. The van der Waals surface area contributed by atoms with Gasteiger partial charge >= 0.3 is 0 Å². The van der Waals surface area contributed by atoms with Crippen LogP contribution in [0, 0.1) is 14.2 Å². The second-order valence-electron chi connectivity index (χ2n) is 4.02. The third kappa shape index (κ3) is 2.36. The zero-order chi connectivity index (χ0) is 13.6. The summed E-state index contributed by atoms with van der Waals surface area (Å²) in [5.41, 5.74) is 2.75. The molecular weight excluding hydrogens is 442 g/mol. The summed E-state index contributed by atoms with van der Waals surface area (Å²) in [6.07, 6.45) is 0. The van der Waals surface area contributed by atoms with E-state index in [1.807, 2.05) is 22.8 Å². The highest BCUT2D eigenvalue weighted by Crippen LogP contribution is 2.27. The summed E-state index contributed by atoms with van der Waals surface area (Å²) in [5, 5.41) is 0. The first-order chi connectivity index (χ1) is 9.06. The van der Waals surface area contributed by atoms with Crippen molar-refractivity contribution in [2.45, 2.75) is 0 Å². The van der Waals surface area contributed by atoms with Gasteiger partial charge in [0.1, 0.15) is 5.82 Å². The minimum absolute atomic E-state index is 0.281. The first kappa shape index (κ1) is 13.3. The Balaban J connectivity index is 2.36. The molecule has 0 unspecified atom stereocenters. The molecule has 0 aliphatic carbocycles. The van der Waals surface area contributed by atoms with E-state index in [9.17, 15) is 4.39 Å². The summed E-state index contributed by atoms with van der Waals surface area (Å²) < 4.78 is 17.5. The van der Waals surface area contributed by atoms with Crippen LogP contribution in [0.15, 0.2) is 40.9 Å². The largest absolute Gasteiger partial charge is 0.330 e. The number of nitrogens with zero attached hydrogens (tertiary/aromatic N) is 1. The highest BCUT2D eigenvalue weighted by atomic mass is 127. The van der Waals surface area contributed by atoms with Gasteiger partial charge in [0.05, 0.1) is 16.7 Å². The van der Waals surface area contributed by atoms with E-state index >= 15 is 0 Å². The van der Waals surface area contributed by atoms with Gasteiger partial charge in [0.25, 0.3) is 0 Å². The lowest BCUT2D eigenvalue weighted by Crippen LogP contribution is -1.95. The van der Waals surface area contributed by atoms with Crippen molar-refractivity contribution >= 4 is 61.8 Å². The van der Waals surface area contributed by atoms with E-state index in [0.717, 1.165) is 20.3 Å². The summed E-state index contributed by atoms with van der Waals surface area (Å²) in [6, 6.07) is 10.6. The minimum Gasteiger partial charge on any atom is -0.330 e. The Labute approximate surface area is 135 Å². The van der Waals surface area contributed by atoms with Crippen LogP contribution in [0.5, 0.6) is 0 Å². The van der Waals surface area contributed by atoms with E-state index in [4.69, 9.17) is 12.2 Å². The Hall–Kier alpha value is -0.730. The van der Waals surface area contributed by atoms with Gasteiger partial charge in [-0.1, -0.05) is 0 Å². The standard InChI is InChI=1S/C13H7BrFIN2S/c14-9-5-7(15)1-3-11(9)18-12-4-2-8(16)6-10(12)17-13(18)19/h1-6H,(H,17,19). The molecule has 96 valence electrons. The number of aromatic nitrogens is 2. The van der Waals surface area contributed by atoms with E-state index in [-0.39, 0.29) is 5.82 Å². The van der Waals surface area contributed by atoms with Gasteiger partial charge in [0, 0.05) is 8.04 Å². The highest BCUT2D eigenvalue weighted by molar-refractivity contribution is 14.1. The number of aromatic amines is 1. The first-order valence-corrected chi connectivity index (χ1v) is 7.70. The molecule has 1 heterocycles. The number of rotatable bonds is 1. The van der Waals surface area contributed by atoms with Crippen molar-refractivity contribution in [2.24, 2.45) is 0 Å². The third-order valence-corrected chi connectivity index (χ3v) is 4.39. The molecule has 0 saturated heterocycles. The van der Waals surface area contributed by atoms with Crippen LogP contribution in [0.25, 0.3) is 16.7 Å². The molecule has 2 aromatic carbocycles. The summed E-state index contributed by atoms with van der Waals surface area (Å²) in [4.78, 5) is 3.17. The Morgan fingerprint density at radius 2 is 2.00 bits per heavy atom. The topological polar surface area (TPSA) is 20.7 Å². The molecule has 19 heavy (non-hydrogen) atoms. The number of nitrogens with one attached hydrogen (secondary N) is 1. The molecular formula is C13H7BrFIN2S. The predicted molar refractivity (Wildman–Crippen MR) is 88.8 cm³/mol. The predicted octanol–water partition coefficient (Wildman–Crippen LogP) is 5.19. The molecule has 6 heteroatoms. The number of H-pyrrole nitrogens is 1. The molecule has 0 amide bonds. The average Bonchev–Trinajstić information content (AvgIpc) is 2.65. The van der Waals surface area contributed by atoms with Crippen LogP contribution in [0.1, 0.15) is 0 Å². The highest BCUT2D eigenvalue weighted by Gasteiger charge is 2.10. The van der Waals surface area contributed by atoms with E-state index in [2.05, 4.69) is 43.5 Å². The fourth-order valence-corrected chi connectivity index (χ4v) is 3.31. The monoisotopic (exact) mass is 448 g/mol. The van der Waals surface area contributed by atoms with Gasteiger partial charge in [-0.25, -0.2) is 4.39 Å². The van der Waals surface area contributed by atoms with E-state index in [0.29, 0.717) is 9.24 Å². The van der Waals surface area contributed by atoms with Crippen molar-refractivity contribution in [2.75, 3.05) is 0 Å². The molecule has 0 spiro atoms. The smallest absolute Gasteiger partial charge is 0.182 e. The molecule has 0 fully saturated rings. The number of hydrogen-bond donors (Lipinski definition) is 1. The van der Waals surface area contributed by atoms with Crippen molar-refractivity contribution in [3.05, 3.63) is 55.0 Å². The minimum atomic E-state index is -0.281. The number of hydrogen-bond acceptors (Lipinski definition) is 1. The van der Waals surface area contributed by atoms with Crippen LogP contribution >= 0.6 is 50.7 Å². The summed E-state index contributed by atoms with van der Waals surface area (Å²) in [6.45, 7) is 0. The molecule has 2 nitrogen and oxygen atoms in total. The van der Waals surface area contributed by atoms with E-state index in [1.165, 1.54) is 12.1 Å². The van der Waals surface area contributed by atoms with Crippen molar-refractivity contribution in [1.82, 2.24) is 9.55 Å². The summed E-state index contributed by atoms with van der Waals surface area (Å²) in [5.74, 6) is -0.281. The first-order valence-electron chi connectivity index (χ1n) is 5.42. The molecule has 3 aromatic rings. The van der Waals surface area contributed by atoms with Crippen LogP contribution in [0.4, 0.5) is 4.39 Å². The molecule has 0 saturated carbocycles. The lowest BCUT2D eigenvalue weighted by Gasteiger charge is -2.07. The van der Waals surface area contributed by atoms with Crippen LogP contribution < -0.4 is 0 Å². The lowest BCUT2D eigenvalue weighted by molar-refractivity contribution is 0.626. The van der Waals surface area contributed by atoms with E-state index < -0.39 is 0 Å². The van der Waals surface area contributed by atoms with Gasteiger partial charge in [-0.3, -0.25) is 4.57 Å². The molecule has 0 aliphatic rings. The Kier molecular flexibility index (Phi) is 3.48. The van der Waals surface area contributed by atoms with E-state index in [1.54, 1.807) is 6.07 Å². The van der Waals surface area contributed by atoms with Gasteiger partial charge in [0.15, 0.2) is 4.77 Å². The second kappa shape index (κ2) is 4.99. The summed E-state index contributed by atoms with van der Waals surface area (Å²) in [7, 11) is 0. The fourth-order valence-electron chi connectivity index (χ4n) is 1.99. The number of fused-ring (bicyclic) bond motifs is 1. The molecule has 0 radical (unpaired) electrons. The van der Waals surface area contributed by atoms with Crippen LogP contribution in [0.3, 0.4) is 0 Å². The van der Waals surface area contributed by atoms with Gasteiger partial charge in [0.2, 0.25) is 0 Å². The zero-order valence-corrected chi connectivity index (χ0v) is 14.0. The van der Waals surface area contributed by atoms with Crippen LogP contribution in [-0.4, -0.2) is 9.55 Å². The van der Waals surface area contributed by atoms with Gasteiger partial charge in [-0.05, 0) is 87.1 Å². The molecule has 1 N–H and O–H groups in total. The maximum absolute atomic E-state index is 13.2. The lowest BCUT2D eigenvalue weighted by atomic mass is 10.3. The number of imidazole rings is 1. The van der Waals surface area contributed by atoms with Crippen molar-refractivity contribution in [3.63, 3.8) is 0 Å². The Morgan fingerprint density at radius 1 is 1.21 bits per heavy atom. The molecule has 3 rings (SSSR count). The Morgan fingerprint density at radius 3 is 2.74 bits per heavy atom. The second-order valence-corrected chi connectivity index (χ2v) is 6.51. The SMILES string of the molecule is Fc1ccc(-n2c(=S)[nH]c3cc(I)ccc32)c(Br)c1. The molecule has 0 atom stereocenters. The summed E-state index contributed by atoms with van der Waals surface area (Å²) >= 11 is 11.0. The quantitative estimate of drug-likeness (QED) is 0.401. The van der Waals surface area contributed by atoms with Crippen LogP contribution in [-0.2, 0) is 0 Å². The van der Waals surface area contributed by atoms with Gasteiger partial charge in [-0.2, -0.15) is 0 Å². The number of benzene rings is 2. The third-order valence-electron chi connectivity index (χ3n) is 2.79. The van der Waals surface area contributed by atoms with Crippen molar-refractivity contribution in [3.8, 4) is 5.69 Å². The van der Waals surface area contributed by atoms with Crippen molar-refractivity contribution in [1.29, 1.82) is 0 Å². The van der Waals surface area contributed by atoms with Crippen LogP contribution in [0.2, 0.25) is 0 Å². The van der Waals surface area contributed by atoms with Gasteiger partial charge in [-0.15, -0.1) is 0 Å². The Bertz CT molecular complexity index is 840. The van der Waals surface area contributed by atoms with Crippen molar-refractivity contribution < 1.29 is 4.39 Å². The normalized spacial score (nSPS) is 11.1. The maximum Gasteiger partial charge on any atom is 0.182 e. The van der Waals surface area contributed by atoms with Gasteiger partial charge < -0.3 is 4.98 Å². The molecule has 1 aromatic heterocycles. The maximum atomic E-state index is 13.2. The average molecular weight is 449 g/mol. The number of halogens is 3. The molecule has 0 bridgehead atoms.